The van der Waals surface area contributed by atoms with Gasteiger partial charge in [-0.1, -0.05) is 0 Å². The maximum absolute atomic E-state index is 5.84. The highest BCUT2D eigenvalue weighted by molar-refractivity contribution is 5.66. The lowest BCUT2D eigenvalue weighted by Gasteiger charge is -2.31. The number of nitrogens with one attached hydrogen (secondary N) is 1. The number of fused-ring (bicyclic) bond motifs is 1. The summed E-state index contributed by atoms with van der Waals surface area (Å²) < 4.78 is 13.5. The Morgan fingerprint density at radius 1 is 1.24 bits per heavy atom. The summed E-state index contributed by atoms with van der Waals surface area (Å²) >= 11 is 0. The molecule has 0 radical (unpaired) electrons. The van der Waals surface area contributed by atoms with Crippen LogP contribution in [0.5, 0.6) is 11.5 Å². The fraction of sp³-hybridized carbons (Fsp3) is 0.526. The summed E-state index contributed by atoms with van der Waals surface area (Å²) in [5.41, 5.74) is 3.37. The second-order valence-electron chi connectivity index (χ2n) is 6.98. The normalized spacial score (nSPS) is 21.1. The second kappa shape index (κ2) is 7.06. The van der Waals surface area contributed by atoms with Crippen LogP contribution in [0.4, 0.5) is 0 Å². The molecule has 1 aromatic carbocycles. The van der Waals surface area contributed by atoms with E-state index in [-0.39, 0.29) is 0 Å². The molecule has 25 heavy (non-hydrogen) atoms. The maximum Gasteiger partial charge on any atom is 0.161 e. The zero-order chi connectivity index (χ0) is 17.2. The van der Waals surface area contributed by atoms with E-state index in [9.17, 15) is 0 Å². The molecule has 0 saturated carbocycles. The Kier molecular flexibility index (Phi) is 4.63. The first-order chi connectivity index (χ1) is 12.2. The highest BCUT2D eigenvalue weighted by Crippen LogP contribution is 2.35. The molecule has 1 N–H and O–H groups in total. The summed E-state index contributed by atoms with van der Waals surface area (Å²) in [4.78, 5) is 2.49. The molecule has 2 aliphatic heterocycles. The lowest BCUT2D eigenvalue weighted by Crippen LogP contribution is -2.48. The third-order valence-corrected chi connectivity index (χ3v) is 4.77. The van der Waals surface area contributed by atoms with Gasteiger partial charge in [-0.15, -0.1) is 0 Å². The quantitative estimate of drug-likeness (QED) is 0.925. The van der Waals surface area contributed by atoms with E-state index in [0.29, 0.717) is 19.3 Å². The largest absolute Gasteiger partial charge is 0.490 e. The lowest BCUT2D eigenvalue weighted by atomic mass is 10.1. The van der Waals surface area contributed by atoms with Gasteiger partial charge in [0.1, 0.15) is 0 Å². The molecule has 0 amide bonds. The van der Waals surface area contributed by atoms with Gasteiger partial charge < -0.3 is 14.8 Å². The van der Waals surface area contributed by atoms with Crippen LogP contribution >= 0.6 is 0 Å². The number of hydrogen-bond donors (Lipinski definition) is 1. The van der Waals surface area contributed by atoms with Crippen molar-refractivity contribution in [2.75, 3.05) is 32.8 Å². The van der Waals surface area contributed by atoms with E-state index in [1.807, 2.05) is 17.8 Å². The molecule has 1 atom stereocenters. The first-order valence-corrected chi connectivity index (χ1v) is 9.07. The van der Waals surface area contributed by atoms with Gasteiger partial charge in [0.05, 0.1) is 18.9 Å². The molecule has 0 spiro atoms. The molecule has 134 valence electrons. The van der Waals surface area contributed by atoms with Crippen molar-refractivity contribution in [3.8, 4) is 22.8 Å². The molecule has 1 fully saturated rings. The molecule has 2 aromatic rings. The fourth-order valence-electron chi connectivity index (χ4n) is 3.60. The van der Waals surface area contributed by atoms with Gasteiger partial charge in [0.25, 0.3) is 0 Å². The van der Waals surface area contributed by atoms with Crippen LogP contribution in [0.2, 0.25) is 0 Å². The number of nitrogens with zero attached hydrogens (tertiary/aromatic N) is 3. The zero-order valence-electron chi connectivity index (χ0n) is 15.0. The van der Waals surface area contributed by atoms with Gasteiger partial charge in [-0.3, -0.25) is 9.58 Å². The van der Waals surface area contributed by atoms with Crippen molar-refractivity contribution < 1.29 is 9.47 Å². The zero-order valence-corrected chi connectivity index (χ0v) is 15.0. The van der Waals surface area contributed by atoms with Crippen LogP contribution in [-0.4, -0.2) is 53.6 Å². The van der Waals surface area contributed by atoms with Gasteiger partial charge in [0, 0.05) is 63.0 Å². The number of rotatable bonds is 3. The van der Waals surface area contributed by atoms with Crippen molar-refractivity contribution in [1.82, 2.24) is 20.0 Å². The summed E-state index contributed by atoms with van der Waals surface area (Å²) in [6, 6.07) is 6.68. The van der Waals surface area contributed by atoms with Gasteiger partial charge in [0.15, 0.2) is 11.5 Å². The molecule has 1 aromatic heterocycles. The Labute approximate surface area is 148 Å². The SMILES string of the molecule is C[C@@H]1CN(Cc2cn(C)nc2-c2ccc3c(c2)OCCCO3)CCN1. The standard InChI is InChI=1S/C19H26N4O2/c1-14-11-23(7-6-20-14)13-16-12-22(2)21-19(16)15-4-5-17-18(10-15)25-9-3-8-24-17/h4-5,10,12,14,20H,3,6-9,11,13H2,1-2H3/t14-/m1/s1. The van der Waals surface area contributed by atoms with E-state index in [0.717, 1.165) is 55.4 Å². The Balaban J connectivity index is 1.61. The van der Waals surface area contributed by atoms with E-state index in [1.54, 1.807) is 0 Å². The van der Waals surface area contributed by atoms with Crippen LogP contribution in [0.3, 0.4) is 0 Å². The van der Waals surface area contributed by atoms with Crippen LogP contribution in [0.25, 0.3) is 11.3 Å². The van der Waals surface area contributed by atoms with Crippen LogP contribution in [-0.2, 0) is 13.6 Å². The summed E-state index contributed by atoms with van der Waals surface area (Å²) in [6.07, 6.45) is 3.05. The number of hydrogen-bond acceptors (Lipinski definition) is 5. The molecule has 0 unspecified atom stereocenters. The third-order valence-electron chi connectivity index (χ3n) is 4.77. The topological polar surface area (TPSA) is 51.6 Å². The van der Waals surface area contributed by atoms with Crippen molar-refractivity contribution in [3.63, 3.8) is 0 Å². The Morgan fingerprint density at radius 3 is 2.92 bits per heavy atom. The number of aromatic nitrogens is 2. The van der Waals surface area contributed by atoms with Gasteiger partial charge >= 0.3 is 0 Å². The monoisotopic (exact) mass is 342 g/mol. The number of ether oxygens (including phenoxy) is 2. The highest BCUT2D eigenvalue weighted by atomic mass is 16.5. The minimum Gasteiger partial charge on any atom is -0.490 e. The Bertz CT molecular complexity index is 743. The summed E-state index contributed by atoms with van der Waals surface area (Å²) in [7, 11) is 1.98. The van der Waals surface area contributed by atoms with E-state index in [2.05, 4.69) is 35.5 Å². The molecule has 3 heterocycles. The van der Waals surface area contributed by atoms with E-state index in [1.165, 1.54) is 5.56 Å². The van der Waals surface area contributed by atoms with Crippen molar-refractivity contribution in [3.05, 3.63) is 30.0 Å². The molecule has 4 rings (SSSR count). The van der Waals surface area contributed by atoms with Crippen LogP contribution in [0.15, 0.2) is 24.4 Å². The number of benzene rings is 1. The third kappa shape index (κ3) is 3.65. The molecule has 6 nitrogen and oxygen atoms in total. The van der Waals surface area contributed by atoms with Gasteiger partial charge in [-0.05, 0) is 25.1 Å². The summed E-state index contributed by atoms with van der Waals surface area (Å²) in [5, 5.41) is 8.21. The molecule has 1 saturated heterocycles. The number of aryl methyl sites for hydroxylation is 1. The van der Waals surface area contributed by atoms with E-state index in [4.69, 9.17) is 14.6 Å². The molecular weight excluding hydrogens is 316 g/mol. The lowest BCUT2D eigenvalue weighted by molar-refractivity contribution is 0.200. The van der Waals surface area contributed by atoms with Gasteiger partial charge in [-0.25, -0.2) is 0 Å². The van der Waals surface area contributed by atoms with Gasteiger partial charge in [0.2, 0.25) is 0 Å². The molecule has 0 bridgehead atoms. The Morgan fingerprint density at radius 2 is 2.08 bits per heavy atom. The predicted octanol–water partition coefficient (Wildman–Crippen LogP) is 2.04. The highest BCUT2D eigenvalue weighted by Gasteiger charge is 2.20. The first kappa shape index (κ1) is 16.4. The summed E-state index contributed by atoms with van der Waals surface area (Å²) in [6.45, 7) is 7.74. The molecule has 0 aliphatic carbocycles. The average molecular weight is 342 g/mol. The van der Waals surface area contributed by atoms with Crippen molar-refractivity contribution in [1.29, 1.82) is 0 Å². The van der Waals surface area contributed by atoms with Crippen molar-refractivity contribution in [2.45, 2.75) is 25.9 Å². The summed E-state index contributed by atoms with van der Waals surface area (Å²) in [5.74, 6) is 1.65. The van der Waals surface area contributed by atoms with E-state index < -0.39 is 0 Å². The minimum atomic E-state index is 0.534. The molecular formula is C19H26N4O2. The predicted molar refractivity (Wildman–Crippen MR) is 97.0 cm³/mol. The smallest absolute Gasteiger partial charge is 0.161 e. The molecule has 6 heteroatoms. The van der Waals surface area contributed by atoms with Gasteiger partial charge in [-0.2, -0.15) is 5.10 Å². The molecule has 2 aliphatic rings. The van der Waals surface area contributed by atoms with Crippen molar-refractivity contribution in [2.24, 2.45) is 7.05 Å². The second-order valence-corrected chi connectivity index (χ2v) is 6.98. The maximum atomic E-state index is 5.84. The van der Waals surface area contributed by atoms with Crippen LogP contribution < -0.4 is 14.8 Å². The minimum absolute atomic E-state index is 0.534. The number of piperazine rings is 1. The Hall–Kier alpha value is -2.05. The average Bonchev–Trinajstić information content (AvgIpc) is 2.81. The van der Waals surface area contributed by atoms with Crippen LogP contribution in [0.1, 0.15) is 18.9 Å². The van der Waals surface area contributed by atoms with Crippen LogP contribution in [0, 0.1) is 0 Å². The van der Waals surface area contributed by atoms with Crippen molar-refractivity contribution >= 4 is 0 Å². The fourth-order valence-corrected chi connectivity index (χ4v) is 3.60. The first-order valence-electron chi connectivity index (χ1n) is 9.07. The van der Waals surface area contributed by atoms with E-state index >= 15 is 0 Å².